The van der Waals surface area contributed by atoms with Gasteiger partial charge in [-0.25, -0.2) is 4.39 Å². The van der Waals surface area contributed by atoms with Crippen LogP contribution in [0.1, 0.15) is 44.8 Å². The molecule has 1 atom stereocenters. The lowest BCUT2D eigenvalue weighted by Gasteiger charge is -2.24. The average molecular weight is 483 g/mol. The van der Waals surface area contributed by atoms with Crippen molar-refractivity contribution < 1.29 is 14.0 Å². The second-order valence-electron chi connectivity index (χ2n) is 8.41. The second-order valence-corrected chi connectivity index (χ2v) is 9.49. The second kappa shape index (κ2) is 9.76. The molecule has 4 nitrogen and oxygen atoms in total. The fourth-order valence-corrected chi connectivity index (χ4v) is 5.20. The van der Waals surface area contributed by atoms with Crippen molar-refractivity contribution in [2.75, 3.05) is 4.90 Å². The first-order valence-electron chi connectivity index (χ1n) is 11.3. The Kier molecular flexibility index (Phi) is 6.38. The number of rotatable bonds is 5. The predicted octanol–water partition coefficient (Wildman–Crippen LogP) is 6.63. The van der Waals surface area contributed by atoms with Crippen molar-refractivity contribution in [1.82, 2.24) is 5.32 Å². The van der Waals surface area contributed by atoms with E-state index >= 15 is 0 Å². The predicted molar refractivity (Wildman–Crippen MR) is 136 cm³/mol. The summed E-state index contributed by atoms with van der Waals surface area (Å²) in [6.45, 7) is 2.12. The van der Waals surface area contributed by atoms with E-state index in [0.29, 0.717) is 22.4 Å². The zero-order valence-electron chi connectivity index (χ0n) is 19.1. The van der Waals surface area contributed by atoms with Crippen LogP contribution in [0, 0.1) is 5.82 Å². The lowest BCUT2D eigenvalue weighted by molar-refractivity contribution is 0.0937. The van der Waals surface area contributed by atoms with Gasteiger partial charge in [0.1, 0.15) is 5.82 Å². The van der Waals surface area contributed by atoms with Gasteiger partial charge in [0.2, 0.25) is 0 Å². The molecule has 174 valence electrons. The Labute approximate surface area is 207 Å². The summed E-state index contributed by atoms with van der Waals surface area (Å²) in [5.41, 5.74) is 3.33. The molecule has 4 aromatic rings. The number of halogens is 1. The van der Waals surface area contributed by atoms with Gasteiger partial charge >= 0.3 is 0 Å². The van der Waals surface area contributed by atoms with Crippen LogP contribution in [0.3, 0.4) is 0 Å². The highest BCUT2D eigenvalue weighted by Crippen LogP contribution is 2.42. The van der Waals surface area contributed by atoms with Crippen molar-refractivity contribution in [2.45, 2.75) is 29.3 Å². The van der Waals surface area contributed by atoms with Gasteiger partial charge in [-0.1, -0.05) is 66.4 Å². The number of anilines is 1. The van der Waals surface area contributed by atoms with E-state index in [-0.39, 0.29) is 30.2 Å². The monoisotopic (exact) mass is 482 g/mol. The molecular weight excluding hydrogens is 459 g/mol. The van der Waals surface area contributed by atoms with E-state index in [4.69, 9.17) is 0 Å². The molecule has 6 heteroatoms. The van der Waals surface area contributed by atoms with Gasteiger partial charge in [0.25, 0.3) is 11.8 Å². The maximum Gasteiger partial charge on any atom is 0.259 e. The van der Waals surface area contributed by atoms with Gasteiger partial charge in [-0.3, -0.25) is 9.59 Å². The highest BCUT2D eigenvalue weighted by atomic mass is 32.2. The van der Waals surface area contributed by atoms with Gasteiger partial charge in [0.15, 0.2) is 0 Å². The molecule has 0 saturated heterocycles. The molecule has 5 rings (SSSR count). The van der Waals surface area contributed by atoms with Gasteiger partial charge in [-0.15, -0.1) is 0 Å². The highest BCUT2D eigenvalue weighted by Gasteiger charge is 2.28. The van der Waals surface area contributed by atoms with Crippen LogP contribution < -0.4 is 10.2 Å². The summed E-state index contributed by atoms with van der Waals surface area (Å²) < 4.78 is 13.9. The quantitative estimate of drug-likeness (QED) is 0.347. The minimum atomic E-state index is -0.359. The first-order chi connectivity index (χ1) is 17.0. The average Bonchev–Trinajstić information content (AvgIpc) is 2.99. The molecule has 0 saturated carbocycles. The number of hydrogen-bond donors (Lipinski definition) is 1. The lowest BCUT2D eigenvalue weighted by Crippen LogP contribution is -2.31. The van der Waals surface area contributed by atoms with Crippen LogP contribution in [0.25, 0.3) is 0 Å². The summed E-state index contributed by atoms with van der Waals surface area (Å²) in [5.74, 6) is -0.775. The normalized spacial score (nSPS) is 13.4. The van der Waals surface area contributed by atoms with E-state index in [1.54, 1.807) is 35.2 Å². The van der Waals surface area contributed by atoms with E-state index in [0.717, 1.165) is 15.4 Å². The first-order valence-corrected chi connectivity index (χ1v) is 12.1. The largest absolute Gasteiger partial charge is 0.346 e. The molecule has 1 aliphatic rings. The molecule has 0 radical (unpaired) electrons. The molecule has 1 aliphatic heterocycles. The minimum absolute atomic E-state index is 0.175. The summed E-state index contributed by atoms with van der Waals surface area (Å²) in [7, 11) is 0. The van der Waals surface area contributed by atoms with Gasteiger partial charge in [-0.05, 0) is 60.5 Å². The molecule has 4 aromatic carbocycles. The Bertz CT molecular complexity index is 1410. The molecule has 2 amide bonds. The number of hydrogen-bond acceptors (Lipinski definition) is 3. The molecule has 1 N–H and O–H groups in total. The highest BCUT2D eigenvalue weighted by molar-refractivity contribution is 7.99. The van der Waals surface area contributed by atoms with Crippen molar-refractivity contribution >= 4 is 29.3 Å². The number of amides is 2. The van der Waals surface area contributed by atoms with E-state index in [2.05, 4.69) is 5.32 Å². The molecule has 0 fully saturated rings. The fraction of sp³-hybridized carbons (Fsp3) is 0.103. The fourth-order valence-electron chi connectivity index (χ4n) is 4.14. The van der Waals surface area contributed by atoms with Crippen LogP contribution in [-0.4, -0.2) is 11.8 Å². The molecule has 0 aliphatic carbocycles. The lowest BCUT2D eigenvalue weighted by atomic mass is 10.1. The molecule has 0 bridgehead atoms. The SMILES string of the molecule is C[C@@H](NC(=O)c1ccc2c(c1)N(Cc1cccc(F)c1)C(=O)c1ccccc1S2)c1ccccc1. The first kappa shape index (κ1) is 22.9. The van der Waals surface area contributed by atoms with Crippen molar-refractivity contribution in [2.24, 2.45) is 0 Å². The number of fused-ring (bicyclic) bond motifs is 2. The van der Waals surface area contributed by atoms with Crippen LogP contribution in [-0.2, 0) is 6.54 Å². The Morgan fingerprint density at radius 2 is 1.69 bits per heavy atom. The van der Waals surface area contributed by atoms with E-state index in [1.165, 1.54) is 23.9 Å². The summed E-state index contributed by atoms with van der Waals surface area (Å²) in [5, 5.41) is 3.04. The van der Waals surface area contributed by atoms with Crippen molar-refractivity contribution in [3.05, 3.63) is 125 Å². The molecule has 35 heavy (non-hydrogen) atoms. The van der Waals surface area contributed by atoms with Crippen LogP contribution in [0.2, 0.25) is 0 Å². The minimum Gasteiger partial charge on any atom is -0.346 e. The van der Waals surface area contributed by atoms with Gasteiger partial charge < -0.3 is 10.2 Å². The molecule has 0 spiro atoms. The molecule has 1 heterocycles. The van der Waals surface area contributed by atoms with E-state index in [9.17, 15) is 14.0 Å². The maximum atomic E-state index is 13.9. The summed E-state index contributed by atoms with van der Waals surface area (Å²) >= 11 is 1.49. The number of benzene rings is 4. The Balaban J connectivity index is 1.52. The van der Waals surface area contributed by atoms with Crippen LogP contribution in [0.5, 0.6) is 0 Å². The Morgan fingerprint density at radius 1 is 0.914 bits per heavy atom. The number of carbonyl (C=O) groups excluding carboxylic acids is 2. The zero-order valence-corrected chi connectivity index (χ0v) is 19.9. The third kappa shape index (κ3) is 4.84. The Hall–Kier alpha value is -3.90. The van der Waals surface area contributed by atoms with Crippen LogP contribution >= 0.6 is 11.8 Å². The van der Waals surface area contributed by atoms with Crippen molar-refractivity contribution in [3.63, 3.8) is 0 Å². The standard InChI is InChI=1S/C29H23FN2O2S/c1-19(21-9-3-2-4-10-21)31-28(33)22-14-15-27-25(17-22)32(18-20-8-7-11-23(30)16-20)29(34)24-12-5-6-13-26(24)35-27/h2-17,19H,18H2,1H3,(H,31,33)/t19-/m1/s1. The third-order valence-corrected chi connectivity index (χ3v) is 7.11. The van der Waals surface area contributed by atoms with E-state index in [1.807, 2.05) is 61.5 Å². The summed E-state index contributed by atoms with van der Waals surface area (Å²) in [6.07, 6.45) is 0. The summed E-state index contributed by atoms with van der Waals surface area (Å²) in [4.78, 5) is 30.1. The zero-order chi connectivity index (χ0) is 24.4. The maximum absolute atomic E-state index is 13.9. The molecular formula is C29H23FN2O2S. The van der Waals surface area contributed by atoms with Crippen LogP contribution in [0.15, 0.2) is 107 Å². The smallest absolute Gasteiger partial charge is 0.259 e. The number of nitrogens with one attached hydrogen (secondary N) is 1. The van der Waals surface area contributed by atoms with Crippen LogP contribution in [0.4, 0.5) is 10.1 Å². The van der Waals surface area contributed by atoms with E-state index < -0.39 is 0 Å². The van der Waals surface area contributed by atoms with Gasteiger partial charge in [-0.2, -0.15) is 0 Å². The molecule has 0 unspecified atom stereocenters. The van der Waals surface area contributed by atoms with Gasteiger partial charge in [0, 0.05) is 15.4 Å². The van der Waals surface area contributed by atoms with Gasteiger partial charge in [0.05, 0.1) is 23.8 Å². The topological polar surface area (TPSA) is 49.4 Å². The van der Waals surface area contributed by atoms with Crippen molar-refractivity contribution in [1.29, 1.82) is 0 Å². The van der Waals surface area contributed by atoms with Crippen molar-refractivity contribution in [3.8, 4) is 0 Å². The number of nitrogens with zero attached hydrogens (tertiary/aromatic N) is 1. The number of carbonyl (C=O) groups is 2. The molecule has 0 aromatic heterocycles. The third-order valence-electron chi connectivity index (χ3n) is 5.97. The summed E-state index contributed by atoms with van der Waals surface area (Å²) in [6, 6.07) is 28.6. The Morgan fingerprint density at radius 3 is 2.49 bits per heavy atom.